The van der Waals surface area contributed by atoms with E-state index in [0.29, 0.717) is 10.9 Å². The average Bonchev–Trinajstić information content (AvgIpc) is 2.86. The quantitative estimate of drug-likeness (QED) is 0.456. The van der Waals surface area contributed by atoms with Crippen LogP contribution in [0.3, 0.4) is 0 Å². The highest BCUT2D eigenvalue weighted by atomic mass is 35.5. The SMILES string of the molecule is CNC(=O)N(c1cccc(Cl)c1)C1CCN(CCC(c2ccccc2)c2ccccc2)CC1. The molecule has 4 rings (SSSR count). The number of benzene rings is 3. The van der Waals surface area contributed by atoms with Crippen LogP contribution in [0.5, 0.6) is 0 Å². The van der Waals surface area contributed by atoms with Crippen LogP contribution in [0.2, 0.25) is 5.02 Å². The Morgan fingerprint density at radius 2 is 1.58 bits per heavy atom. The molecule has 3 aromatic rings. The molecule has 0 bridgehead atoms. The number of hydrogen-bond acceptors (Lipinski definition) is 2. The number of hydrogen-bond donors (Lipinski definition) is 1. The number of nitrogens with zero attached hydrogens (tertiary/aromatic N) is 2. The van der Waals surface area contributed by atoms with Gasteiger partial charge in [0.15, 0.2) is 0 Å². The predicted molar refractivity (Wildman–Crippen MR) is 137 cm³/mol. The van der Waals surface area contributed by atoms with E-state index in [9.17, 15) is 4.79 Å². The molecule has 172 valence electrons. The van der Waals surface area contributed by atoms with E-state index in [4.69, 9.17) is 11.6 Å². The van der Waals surface area contributed by atoms with Crippen molar-refractivity contribution in [3.63, 3.8) is 0 Å². The van der Waals surface area contributed by atoms with Gasteiger partial charge in [-0.25, -0.2) is 4.79 Å². The number of halogens is 1. The van der Waals surface area contributed by atoms with Gasteiger partial charge in [-0.05, 0) is 55.1 Å². The Morgan fingerprint density at radius 1 is 0.970 bits per heavy atom. The molecule has 0 radical (unpaired) electrons. The Hall–Kier alpha value is -2.82. The first-order chi connectivity index (χ1) is 16.2. The van der Waals surface area contributed by atoms with Crippen molar-refractivity contribution in [3.8, 4) is 0 Å². The van der Waals surface area contributed by atoms with Crippen LogP contribution in [-0.4, -0.2) is 43.7 Å². The zero-order chi connectivity index (χ0) is 23.0. The molecule has 2 amide bonds. The molecule has 0 unspecified atom stereocenters. The average molecular weight is 462 g/mol. The summed E-state index contributed by atoms with van der Waals surface area (Å²) in [7, 11) is 1.68. The number of anilines is 1. The Morgan fingerprint density at radius 3 is 2.12 bits per heavy atom. The summed E-state index contributed by atoms with van der Waals surface area (Å²) in [6.45, 7) is 3.00. The molecule has 33 heavy (non-hydrogen) atoms. The first kappa shape index (κ1) is 23.3. The van der Waals surface area contributed by atoms with Crippen molar-refractivity contribution in [1.29, 1.82) is 0 Å². The lowest BCUT2D eigenvalue weighted by atomic mass is 9.88. The van der Waals surface area contributed by atoms with Crippen LogP contribution >= 0.6 is 11.6 Å². The number of likely N-dealkylation sites (tertiary alicyclic amines) is 1. The lowest BCUT2D eigenvalue weighted by Gasteiger charge is -2.38. The molecule has 1 fully saturated rings. The van der Waals surface area contributed by atoms with Gasteiger partial charge in [-0.2, -0.15) is 0 Å². The summed E-state index contributed by atoms with van der Waals surface area (Å²) in [6.07, 6.45) is 2.97. The zero-order valence-electron chi connectivity index (χ0n) is 19.2. The second-order valence-electron chi connectivity index (χ2n) is 8.64. The highest BCUT2D eigenvalue weighted by molar-refractivity contribution is 6.30. The van der Waals surface area contributed by atoms with Crippen molar-refractivity contribution < 1.29 is 4.79 Å². The molecule has 0 atom stereocenters. The Kier molecular flexibility index (Phi) is 8.03. The topological polar surface area (TPSA) is 35.6 Å². The fraction of sp³-hybridized carbons (Fsp3) is 0.321. The highest BCUT2D eigenvalue weighted by Crippen LogP contribution is 2.30. The minimum atomic E-state index is -0.0797. The van der Waals surface area contributed by atoms with E-state index in [1.54, 1.807) is 7.05 Å². The van der Waals surface area contributed by atoms with Gasteiger partial charge in [0.1, 0.15) is 0 Å². The summed E-state index contributed by atoms with van der Waals surface area (Å²) in [6, 6.07) is 29.2. The number of urea groups is 1. The van der Waals surface area contributed by atoms with E-state index < -0.39 is 0 Å². The number of rotatable bonds is 7. The standard InChI is InChI=1S/C28H32ClN3O/c1-30-28(33)32(26-14-8-13-24(29)21-26)25-15-18-31(19-16-25)20-17-27(22-9-4-2-5-10-22)23-11-6-3-7-12-23/h2-14,21,25,27H,15-20H2,1H3,(H,30,33). The number of carbonyl (C=O) groups excluding carboxylic acids is 1. The van der Waals surface area contributed by atoms with Gasteiger partial charge in [0, 0.05) is 42.8 Å². The van der Waals surface area contributed by atoms with Gasteiger partial charge in [0.25, 0.3) is 0 Å². The minimum Gasteiger partial charge on any atom is -0.341 e. The Bertz CT molecular complexity index is 980. The highest BCUT2D eigenvalue weighted by Gasteiger charge is 2.29. The van der Waals surface area contributed by atoms with Gasteiger partial charge in [-0.1, -0.05) is 78.3 Å². The van der Waals surface area contributed by atoms with Crippen LogP contribution < -0.4 is 10.2 Å². The molecule has 1 N–H and O–H groups in total. The van der Waals surface area contributed by atoms with Crippen LogP contribution in [0, 0.1) is 0 Å². The molecule has 1 aliphatic rings. The lowest BCUT2D eigenvalue weighted by molar-refractivity contribution is 0.200. The van der Waals surface area contributed by atoms with Gasteiger partial charge in [0.05, 0.1) is 0 Å². The second-order valence-corrected chi connectivity index (χ2v) is 9.08. The molecule has 4 nitrogen and oxygen atoms in total. The van der Waals surface area contributed by atoms with Crippen LogP contribution in [0.25, 0.3) is 0 Å². The molecule has 5 heteroatoms. The normalized spacial score (nSPS) is 14.9. The molecule has 0 aromatic heterocycles. The molecule has 1 aliphatic heterocycles. The van der Waals surface area contributed by atoms with Crippen LogP contribution in [0.15, 0.2) is 84.9 Å². The van der Waals surface area contributed by atoms with E-state index >= 15 is 0 Å². The van der Waals surface area contributed by atoms with Crippen molar-refractivity contribution in [3.05, 3.63) is 101 Å². The van der Waals surface area contributed by atoms with Gasteiger partial charge >= 0.3 is 6.03 Å². The molecule has 1 heterocycles. The maximum atomic E-state index is 12.7. The smallest absolute Gasteiger partial charge is 0.321 e. The summed E-state index contributed by atoms with van der Waals surface area (Å²) in [5, 5.41) is 3.44. The monoisotopic (exact) mass is 461 g/mol. The van der Waals surface area contributed by atoms with Crippen LogP contribution in [0.4, 0.5) is 10.5 Å². The van der Waals surface area contributed by atoms with Gasteiger partial charge < -0.3 is 10.2 Å². The molecular weight excluding hydrogens is 430 g/mol. The van der Waals surface area contributed by atoms with E-state index in [2.05, 4.69) is 70.9 Å². The molecule has 1 saturated heterocycles. The van der Waals surface area contributed by atoms with E-state index in [1.807, 2.05) is 29.2 Å². The first-order valence-corrected chi connectivity index (χ1v) is 12.1. The van der Waals surface area contributed by atoms with Crippen LogP contribution in [0.1, 0.15) is 36.3 Å². The lowest BCUT2D eigenvalue weighted by Crippen LogP contribution is -2.50. The van der Waals surface area contributed by atoms with E-state index in [-0.39, 0.29) is 12.1 Å². The number of amides is 2. The summed E-state index contributed by atoms with van der Waals surface area (Å²) in [5.74, 6) is 0.388. The maximum Gasteiger partial charge on any atom is 0.321 e. The minimum absolute atomic E-state index is 0.0797. The van der Waals surface area contributed by atoms with Crippen molar-refractivity contribution in [2.75, 3.05) is 31.6 Å². The molecule has 0 aliphatic carbocycles. The van der Waals surface area contributed by atoms with Gasteiger partial charge in [-0.15, -0.1) is 0 Å². The number of piperidine rings is 1. The fourth-order valence-corrected chi connectivity index (χ4v) is 5.03. The van der Waals surface area contributed by atoms with E-state index in [0.717, 1.165) is 44.6 Å². The zero-order valence-corrected chi connectivity index (χ0v) is 19.9. The summed E-state index contributed by atoms with van der Waals surface area (Å²) in [5.41, 5.74) is 3.59. The Balaban J connectivity index is 1.40. The van der Waals surface area contributed by atoms with E-state index in [1.165, 1.54) is 11.1 Å². The maximum absolute atomic E-state index is 12.7. The third-order valence-electron chi connectivity index (χ3n) is 6.58. The van der Waals surface area contributed by atoms with Crippen molar-refractivity contribution >= 4 is 23.3 Å². The molecular formula is C28H32ClN3O. The molecule has 3 aromatic carbocycles. The summed E-state index contributed by atoms with van der Waals surface area (Å²) >= 11 is 6.20. The van der Waals surface area contributed by atoms with Crippen LogP contribution in [-0.2, 0) is 0 Å². The fourth-order valence-electron chi connectivity index (χ4n) is 4.85. The van der Waals surface area contributed by atoms with Gasteiger partial charge in [-0.3, -0.25) is 4.90 Å². The number of carbonyl (C=O) groups is 1. The summed E-state index contributed by atoms with van der Waals surface area (Å²) in [4.78, 5) is 17.1. The third kappa shape index (κ3) is 5.95. The first-order valence-electron chi connectivity index (χ1n) is 11.7. The largest absolute Gasteiger partial charge is 0.341 e. The second kappa shape index (κ2) is 11.4. The molecule has 0 saturated carbocycles. The van der Waals surface area contributed by atoms with Crippen molar-refractivity contribution in [2.24, 2.45) is 0 Å². The van der Waals surface area contributed by atoms with Crippen molar-refractivity contribution in [2.45, 2.75) is 31.2 Å². The predicted octanol–water partition coefficient (Wildman–Crippen LogP) is 6.17. The Labute approximate surface area is 202 Å². The third-order valence-corrected chi connectivity index (χ3v) is 6.81. The summed E-state index contributed by atoms with van der Waals surface area (Å²) < 4.78 is 0. The van der Waals surface area contributed by atoms with Crippen molar-refractivity contribution in [1.82, 2.24) is 10.2 Å². The molecule has 0 spiro atoms. The number of nitrogens with one attached hydrogen (secondary N) is 1. The van der Waals surface area contributed by atoms with Gasteiger partial charge in [0.2, 0.25) is 0 Å².